The average Bonchev–Trinajstić information content (AvgIpc) is 2.50. The van der Waals surface area contributed by atoms with E-state index in [0.717, 1.165) is 19.5 Å². The third-order valence-electron chi connectivity index (χ3n) is 3.24. The van der Waals surface area contributed by atoms with Gasteiger partial charge in [0, 0.05) is 19.1 Å². The predicted octanol–water partition coefficient (Wildman–Crippen LogP) is 1.17. The normalized spacial score (nSPS) is 30.6. The van der Waals surface area contributed by atoms with E-state index in [2.05, 4.69) is 43.8 Å². The van der Waals surface area contributed by atoms with Crippen molar-refractivity contribution in [1.82, 2.24) is 9.80 Å². The predicted molar refractivity (Wildman–Crippen MR) is 57.9 cm³/mol. The maximum absolute atomic E-state index is 8.99. The van der Waals surface area contributed by atoms with Crippen molar-refractivity contribution in [2.24, 2.45) is 5.92 Å². The van der Waals surface area contributed by atoms with Crippen LogP contribution in [0, 0.1) is 17.2 Å². The molecule has 0 bridgehead atoms. The van der Waals surface area contributed by atoms with E-state index in [4.69, 9.17) is 5.26 Å². The number of likely N-dealkylation sites (N-methyl/N-ethyl adjacent to an activating group) is 1. The molecule has 3 heteroatoms. The van der Waals surface area contributed by atoms with Gasteiger partial charge in [-0.2, -0.15) is 5.26 Å². The van der Waals surface area contributed by atoms with Gasteiger partial charge in [-0.3, -0.25) is 4.90 Å². The van der Waals surface area contributed by atoms with Crippen LogP contribution in [0.4, 0.5) is 0 Å². The van der Waals surface area contributed by atoms with E-state index >= 15 is 0 Å². The van der Waals surface area contributed by atoms with Gasteiger partial charge in [-0.15, -0.1) is 0 Å². The summed E-state index contributed by atoms with van der Waals surface area (Å²) < 4.78 is 0. The molecule has 0 aromatic carbocycles. The van der Waals surface area contributed by atoms with Crippen LogP contribution in [-0.4, -0.2) is 49.1 Å². The van der Waals surface area contributed by atoms with E-state index in [1.807, 2.05) is 0 Å². The zero-order valence-corrected chi connectivity index (χ0v) is 9.70. The molecule has 0 spiro atoms. The molecule has 14 heavy (non-hydrogen) atoms. The first kappa shape index (κ1) is 11.5. The number of nitrogens with zero attached hydrogens (tertiary/aromatic N) is 3. The largest absolute Gasteiger partial charge is 0.305 e. The molecular formula is C11H21N3. The molecular weight excluding hydrogens is 174 g/mol. The van der Waals surface area contributed by atoms with Crippen LogP contribution in [0.5, 0.6) is 0 Å². The van der Waals surface area contributed by atoms with Crippen LogP contribution in [0.2, 0.25) is 0 Å². The minimum Gasteiger partial charge on any atom is -0.305 e. The highest BCUT2D eigenvalue weighted by atomic mass is 15.3. The quantitative estimate of drug-likeness (QED) is 0.677. The van der Waals surface area contributed by atoms with E-state index < -0.39 is 0 Å². The van der Waals surface area contributed by atoms with Crippen molar-refractivity contribution >= 4 is 0 Å². The molecule has 80 valence electrons. The fourth-order valence-electron chi connectivity index (χ4n) is 2.34. The van der Waals surface area contributed by atoms with Gasteiger partial charge >= 0.3 is 0 Å². The summed E-state index contributed by atoms with van der Waals surface area (Å²) in [6.45, 7) is 6.46. The smallest absolute Gasteiger partial charge is 0.0975 e. The molecule has 0 amide bonds. The topological polar surface area (TPSA) is 30.3 Å². The Bertz CT molecular complexity index is 219. The van der Waals surface area contributed by atoms with Crippen molar-refractivity contribution < 1.29 is 0 Å². The summed E-state index contributed by atoms with van der Waals surface area (Å²) in [5.74, 6) is 0.674. The minimum atomic E-state index is 0.113. The zero-order valence-electron chi connectivity index (χ0n) is 9.70. The summed E-state index contributed by atoms with van der Waals surface area (Å²) in [5, 5.41) is 8.99. The molecule has 3 atom stereocenters. The standard InChI is InChI=1S/C11H21N3/c1-5-10(6-12)14-7-9(2)11(8-14)13(3)4/h9-11H,5,7-8H2,1-4H3. The summed E-state index contributed by atoms with van der Waals surface area (Å²) in [4.78, 5) is 4.59. The van der Waals surface area contributed by atoms with Crippen molar-refractivity contribution in [3.8, 4) is 6.07 Å². The van der Waals surface area contributed by atoms with Crippen LogP contribution in [0.15, 0.2) is 0 Å². The van der Waals surface area contributed by atoms with Crippen LogP contribution in [0.1, 0.15) is 20.3 Å². The number of rotatable bonds is 3. The molecule has 1 aliphatic heterocycles. The molecule has 0 aromatic heterocycles. The Morgan fingerprint density at radius 1 is 1.50 bits per heavy atom. The van der Waals surface area contributed by atoms with Crippen LogP contribution in [0.25, 0.3) is 0 Å². The van der Waals surface area contributed by atoms with Crippen LogP contribution in [0.3, 0.4) is 0 Å². The van der Waals surface area contributed by atoms with Crippen molar-refractivity contribution in [2.45, 2.75) is 32.4 Å². The third-order valence-corrected chi connectivity index (χ3v) is 3.24. The Morgan fingerprint density at radius 3 is 2.50 bits per heavy atom. The Labute approximate surface area is 87.3 Å². The molecule has 0 aliphatic carbocycles. The second kappa shape index (κ2) is 4.77. The average molecular weight is 195 g/mol. The summed E-state index contributed by atoms with van der Waals surface area (Å²) in [6, 6.07) is 3.10. The van der Waals surface area contributed by atoms with Gasteiger partial charge in [0.2, 0.25) is 0 Å². The highest BCUT2D eigenvalue weighted by molar-refractivity contribution is 4.97. The van der Waals surface area contributed by atoms with E-state index in [-0.39, 0.29) is 6.04 Å². The first-order valence-electron chi connectivity index (χ1n) is 5.40. The third kappa shape index (κ3) is 2.26. The lowest BCUT2D eigenvalue weighted by Crippen LogP contribution is -2.36. The van der Waals surface area contributed by atoms with E-state index in [1.165, 1.54) is 0 Å². The van der Waals surface area contributed by atoms with Gasteiger partial charge in [0.25, 0.3) is 0 Å². The van der Waals surface area contributed by atoms with Gasteiger partial charge in [-0.1, -0.05) is 13.8 Å². The van der Waals surface area contributed by atoms with E-state index in [0.29, 0.717) is 12.0 Å². The lowest BCUT2D eigenvalue weighted by molar-refractivity contribution is 0.237. The van der Waals surface area contributed by atoms with Crippen molar-refractivity contribution in [3.63, 3.8) is 0 Å². The molecule has 1 fully saturated rings. The molecule has 1 rings (SSSR count). The maximum atomic E-state index is 8.99. The maximum Gasteiger partial charge on any atom is 0.0975 e. The molecule has 1 heterocycles. The molecule has 1 aliphatic rings. The van der Waals surface area contributed by atoms with Gasteiger partial charge in [-0.05, 0) is 26.4 Å². The lowest BCUT2D eigenvalue weighted by atomic mass is 10.1. The Kier molecular flexibility index (Phi) is 3.91. The molecule has 0 saturated carbocycles. The number of likely N-dealkylation sites (tertiary alicyclic amines) is 1. The number of hydrogen-bond acceptors (Lipinski definition) is 3. The minimum absolute atomic E-state index is 0.113. The summed E-state index contributed by atoms with van der Waals surface area (Å²) in [6.07, 6.45) is 0.934. The van der Waals surface area contributed by atoms with Crippen molar-refractivity contribution in [1.29, 1.82) is 5.26 Å². The number of nitriles is 1. The zero-order chi connectivity index (χ0) is 10.7. The van der Waals surface area contributed by atoms with Gasteiger partial charge in [0.15, 0.2) is 0 Å². The molecule has 3 nitrogen and oxygen atoms in total. The van der Waals surface area contributed by atoms with Crippen LogP contribution >= 0.6 is 0 Å². The van der Waals surface area contributed by atoms with E-state index in [9.17, 15) is 0 Å². The van der Waals surface area contributed by atoms with Crippen LogP contribution < -0.4 is 0 Å². The van der Waals surface area contributed by atoms with E-state index in [1.54, 1.807) is 0 Å². The molecule has 0 N–H and O–H groups in total. The van der Waals surface area contributed by atoms with Gasteiger partial charge in [0.1, 0.15) is 0 Å². The first-order chi connectivity index (χ1) is 6.60. The van der Waals surface area contributed by atoms with Crippen molar-refractivity contribution in [2.75, 3.05) is 27.2 Å². The van der Waals surface area contributed by atoms with Gasteiger partial charge in [-0.25, -0.2) is 0 Å². The summed E-state index contributed by atoms with van der Waals surface area (Å²) in [7, 11) is 4.25. The highest BCUT2D eigenvalue weighted by Crippen LogP contribution is 2.22. The summed E-state index contributed by atoms with van der Waals surface area (Å²) in [5.41, 5.74) is 0. The monoisotopic (exact) mass is 195 g/mol. The highest BCUT2D eigenvalue weighted by Gasteiger charge is 2.33. The van der Waals surface area contributed by atoms with Gasteiger partial charge < -0.3 is 4.90 Å². The Balaban J connectivity index is 2.58. The van der Waals surface area contributed by atoms with Crippen molar-refractivity contribution in [3.05, 3.63) is 0 Å². The molecule has 1 saturated heterocycles. The second-order valence-corrected chi connectivity index (χ2v) is 4.52. The fraction of sp³-hybridized carbons (Fsp3) is 0.909. The fourth-order valence-corrected chi connectivity index (χ4v) is 2.34. The molecule has 0 aromatic rings. The lowest BCUT2D eigenvalue weighted by Gasteiger charge is -2.23. The Morgan fingerprint density at radius 2 is 2.14 bits per heavy atom. The second-order valence-electron chi connectivity index (χ2n) is 4.52. The van der Waals surface area contributed by atoms with Gasteiger partial charge in [0.05, 0.1) is 12.1 Å². The summed E-state index contributed by atoms with van der Waals surface area (Å²) >= 11 is 0. The SMILES string of the molecule is CCC(C#N)N1CC(C)C(N(C)C)C1. The molecule has 0 radical (unpaired) electrons. The first-order valence-corrected chi connectivity index (χ1v) is 5.40. The Hall–Kier alpha value is -0.590. The van der Waals surface area contributed by atoms with Crippen LogP contribution in [-0.2, 0) is 0 Å². The molecule has 3 unspecified atom stereocenters. The number of hydrogen-bond donors (Lipinski definition) is 0.